The van der Waals surface area contributed by atoms with Crippen LogP contribution in [0.5, 0.6) is 5.75 Å². The Morgan fingerprint density at radius 1 is 0.975 bits per heavy atom. The maximum Gasteiger partial charge on any atom is 0.327 e. The van der Waals surface area contributed by atoms with Crippen LogP contribution in [0.1, 0.15) is 24.1 Å². The van der Waals surface area contributed by atoms with Gasteiger partial charge >= 0.3 is 5.97 Å². The minimum Gasteiger partial charge on any atom is -0.508 e. The molecule has 15 nitrogen and oxygen atoms in total. The zero-order chi connectivity index (χ0) is 29.7. The molecule has 1 aromatic carbocycles. The first kappa shape index (κ1) is 31.9. The average molecular weight is 578 g/mol. The number of hydrogen-bond donors (Lipinski definition) is 10. The van der Waals surface area contributed by atoms with E-state index in [9.17, 15) is 29.4 Å². The monoisotopic (exact) mass is 577 g/mol. The lowest BCUT2D eigenvalue weighted by atomic mass is 10.0. The Balaban J connectivity index is 2.22. The molecule has 0 radical (unpaired) electrons. The molecular formula is C24H35N9O6S. The normalized spacial score (nSPS) is 13.8. The number of H-pyrrole nitrogens is 1. The van der Waals surface area contributed by atoms with E-state index in [4.69, 9.17) is 17.2 Å². The number of hydrogen-bond acceptors (Lipinski definition) is 9. The summed E-state index contributed by atoms with van der Waals surface area (Å²) >= 11 is 3.96. The molecule has 0 bridgehead atoms. The minimum absolute atomic E-state index is 0.00446. The largest absolute Gasteiger partial charge is 0.508 e. The van der Waals surface area contributed by atoms with E-state index < -0.39 is 47.9 Å². The molecule has 40 heavy (non-hydrogen) atoms. The molecule has 3 amide bonds. The van der Waals surface area contributed by atoms with Gasteiger partial charge in [0.25, 0.3) is 0 Å². The van der Waals surface area contributed by atoms with Gasteiger partial charge in [-0.1, -0.05) is 12.1 Å². The first-order chi connectivity index (χ1) is 19.0. The molecule has 0 aliphatic carbocycles. The second-order valence-electron chi connectivity index (χ2n) is 8.91. The molecule has 16 heteroatoms. The number of nitrogens with one attached hydrogen (secondary N) is 4. The van der Waals surface area contributed by atoms with Crippen molar-refractivity contribution in [1.29, 1.82) is 0 Å². The maximum atomic E-state index is 13.4. The highest BCUT2D eigenvalue weighted by atomic mass is 32.1. The Labute approximate surface area is 235 Å². The number of carbonyl (C=O) groups is 4. The van der Waals surface area contributed by atoms with Gasteiger partial charge in [-0.2, -0.15) is 12.6 Å². The number of amides is 3. The third kappa shape index (κ3) is 10.8. The number of nitrogens with zero attached hydrogens (tertiary/aromatic N) is 2. The van der Waals surface area contributed by atoms with E-state index >= 15 is 0 Å². The number of carboxylic acid groups (broad SMARTS) is 1. The Hall–Kier alpha value is -4.31. The van der Waals surface area contributed by atoms with Gasteiger partial charge in [-0.25, -0.2) is 9.78 Å². The second kappa shape index (κ2) is 15.9. The van der Waals surface area contributed by atoms with E-state index in [-0.39, 0.29) is 43.3 Å². The first-order valence-electron chi connectivity index (χ1n) is 12.3. The molecule has 0 aliphatic heterocycles. The fraction of sp³-hybridized carbons (Fsp3) is 0.417. The molecule has 4 unspecified atom stereocenters. The van der Waals surface area contributed by atoms with Gasteiger partial charge in [-0.3, -0.25) is 19.4 Å². The van der Waals surface area contributed by atoms with Gasteiger partial charge in [0.2, 0.25) is 17.7 Å². The number of phenols is 1. The average Bonchev–Trinajstić information content (AvgIpc) is 3.42. The summed E-state index contributed by atoms with van der Waals surface area (Å²) in [5, 5.41) is 26.5. The highest BCUT2D eigenvalue weighted by molar-refractivity contribution is 7.80. The predicted octanol–water partition coefficient (Wildman–Crippen LogP) is -2.25. The number of phenolic OH excluding ortho intramolecular Hbond substituents is 1. The Morgan fingerprint density at radius 3 is 2.17 bits per heavy atom. The molecular weight excluding hydrogens is 542 g/mol. The molecule has 1 heterocycles. The number of aliphatic imine (C=N–C) groups is 1. The van der Waals surface area contributed by atoms with Crippen LogP contribution >= 0.6 is 12.6 Å². The summed E-state index contributed by atoms with van der Waals surface area (Å²) in [6.45, 7) is 0.182. The zero-order valence-corrected chi connectivity index (χ0v) is 22.5. The third-order valence-corrected chi connectivity index (χ3v) is 6.08. The van der Waals surface area contributed by atoms with Gasteiger partial charge in [0.1, 0.15) is 23.9 Å². The van der Waals surface area contributed by atoms with Gasteiger partial charge in [0, 0.05) is 37.0 Å². The molecule has 2 aromatic rings. The van der Waals surface area contributed by atoms with Crippen molar-refractivity contribution in [3.8, 4) is 5.75 Å². The molecule has 0 saturated heterocycles. The fourth-order valence-corrected chi connectivity index (χ4v) is 3.83. The number of carbonyl (C=O) groups excluding carboxylic acids is 3. The zero-order valence-electron chi connectivity index (χ0n) is 21.6. The highest BCUT2D eigenvalue weighted by Gasteiger charge is 2.30. The van der Waals surface area contributed by atoms with E-state index in [0.717, 1.165) is 0 Å². The van der Waals surface area contributed by atoms with E-state index in [1.54, 1.807) is 12.1 Å². The van der Waals surface area contributed by atoms with Crippen LogP contribution in [-0.2, 0) is 32.0 Å². The molecule has 12 N–H and O–H groups in total. The smallest absolute Gasteiger partial charge is 0.327 e. The fourth-order valence-electron chi connectivity index (χ4n) is 3.58. The van der Waals surface area contributed by atoms with Crippen molar-refractivity contribution in [1.82, 2.24) is 25.9 Å². The van der Waals surface area contributed by atoms with Crippen LogP contribution in [0.3, 0.4) is 0 Å². The second-order valence-corrected chi connectivity index (χ2v) is 9.28. The molecule has 0 spiro atoms. The van der Waals surface area contributed by atoms with E-state index in [1.807, 2.05) is 0 Å². The number of aromatic hydroxyl groups is 1. The lowest BCUT2D eigenvalue weighted by molar-refractivity contribution is -0.141. The molecule has 2 rings (SSSR count). The predicted molar refractivity (Wildman–Crippen MR) is 149 cm³/mol. The van der Waals surface area contributed by atoms with Crippen LogP contribution in [0.4, 0.5) is 0 Å². The quantitative estimate of drug-likeness (QED) is 0.0443. The molecule has 1 aromatic heterocycles. The maximum absolute atomic E-state index is 13.4. The number of rotatable bonds is 16. The Morgan fingerprint density at radius 2 is 1.60 bits per heavy atom. The van der Waals surface area contributed by atoms with Crippen molar-refractivity contribution >= 4 is 42.3 Å². The number of nitrogens with two attached hydrogens (primary N) is 3. The number of benzene rings is 1. The summed E-state index contributed by atoms with van der Waals surface area (Å²) < 4.78 is 0. The summed E-state index contributed by atoms with van der Waals surface area (Å²) in [4.78, 5) is 61.3. The van der Waals surface area contributed by atoms with Crippen LogP contribution in [0, 0.1) is 0 Å². The highest BCUT2D eigenvalue weighted by Crippen LogP contribution is 2.12. The van der Waals surface area contributed by atoms with Crippen molar-refractivity contribution in [3.63, 3.8) is 0 Å². The van der Waals surface area contributed by atoms with Gasteiger partial charge < -0.3 is 48.3 Å². The number of imidazole rings is 1. The molecule has 4 atom stereocenters. The van der Waals surface area contributed by atoms with Gasteiger partial charge in [-0.15, -0.1) is 0 Å². The minimum atomic E-state index is -1.30. The van der Waals surface area contributed by atoms with Crippen molar-refractivity contribution in [3.05, 3.63) is 48.0 Å². The topological polar surface area (TPSA) is 264 Å². The lowest BCUT2D eigenvalue weighted by Gasteiger charge is -2.25. The number of aromatic nitrogens is 2. The van der Waals surface area contributed by atoms with Crippen LogP contribution < -0.4 is 33.2 Å². The number of carboxylic acids is 1. The Kier molecular flexibility index (Phi) is 12.7. The number of thiol groups is 1. The third-order valence-electron chi connectivity index (χ3n) is 5.72. The number of guanidine groups is 1. The van der Waals surface area contributed by atoms with E-state index in [1.165, 1.54) is 24.7 Å². The number of aliphatic carboxylic acids is 1. The molecule has 0 aliphatic rings. The van der Waals surface area contributed by atoms with Crippen molar-refractivity contribution in [2.24, 2.45) is 22.2 Å². The van der Waals surface area contributed by atoms with E-state index in [0.29, 0.717) is 17.7 Å². The van der Waals surface area contributed by atoms with Crippen LogP contribution in [0.15, 0.2) is 41.8 Å². The summed E-state index contributed by atoms with van der Waals surface area (Å²) in [5.74, 6) is -3.70. The summed E-state index contributed by atoms with van der Waals surface area (Å²) in [6, 6.07) is 1.28. The van der Waals surface area contributed by atoms with Crippen LogP contribution in [-0.4, -0.2) is 86.3 Å². The Bertz CT molecular complexity index is 1160. The van der Waals surface area contributed by atoms with Gasteiger partial charge in [0.05, 0.1) is 12.4 Å². The molecule has 218 valence electrons. The van der Waals surface area contributed by atoms with Gasteiger partial charge in [-0.05, 0) is 30.5 Å². The van der Waals surface area contributed by atoms with Crippen molar-refractivity contribution in [2.45, 2.75) is 49.9 Å². The standard InChI is InChI=1S/C24H35N9O6S/c25-16(9-14-10-28-12-30-14)20(35)31-17(2-1-7-29-24(26)27)21(36)32-18(8-13-3-5-15(34)6-4-13)22(37)33-19(11-40)23(38)39/h3-6,10,12,16-19,34,40H,1-2,7-9,11,25H2,(H,28,30)(H,31,35)(H,32,36)(H,33,37)(H,38,39)(H4,26,27,29). The molecule has 0 saturated carbocycles. The van der Waals surface area contributed by atoms with Crippen molar-refractivity contribution in [2.75, 3.05) is 12.3 Å². The van der Waals surface area contributed by atoms with Crippen LogP contribution in [0.2, 0.25) is 0 Å². The summed E-state index contributed by atoms with van der Waals surface area (Å²) in [6.07, 6.45) is 3.48. The van der Waals surface area contributed by atoms with Gasteiger partial charge in [0.15, 0.2) is 5.96 Å². The SMILES string of the molecule is NC(N)=NCCCC(NC(=O)C(N)Cc1cnc[nH]1)C(=O)NC(Cc1ccc(O)cc1)C(=O)NC(CS)C(=O)O. The summed E-state index contributed by atoms with van der Waals surface area (Å²) in [7, 11) is 0. The van der Waals surface area contributed by atoms with E-state index in [2.05, 4.69) is 43.5 Å². The van der Waals surface area contributed by atoms with Crippen LogP contribution in [0.25, 0.3) is 0 Å². The van der Waals surface area contributed by atoms with Crippen molar-refractivity contribution < 1.29 is 29.4 Å². The summed E-state index contributed by atoms with van der Waals surface area (Å²) in [5.41, 5.74) is 17.9. The lowest BCUT2D eigenvalue weighted by Crippen LogP contribution is -2.58. The number of aromatic amines is 1. The first-order valence-corrected chi connectivity index (χ1v) is 12.9. The molecule has 0 fully saturated rings.